The minimum atomic E-state index is -0.960. The average molecular weight is 375 g/mol. The van der Waals surface area contributed by atoms with E-state index in [1.54, 1.807) is 12.5 Å². The summed E-state index contributed by atoms with van der Waals surface area (Å²) in [5.41, 5.74) is 0.0620. The molecule has 0 radical (unpaired) electrons. The third-order valence-corrected chi connectivity index (χ3v) is 4.38. The van der Waals surface area contributed by atoms with Gasteiger partial charge in [0.2, 0.25) is 0 Å². The standard InChI is InChI=1S/C19H23F2N5O/c1-2-3-8-23-18-17(14-6-4-7-15(20)16(14)21)26(19(27)24-18)11-5-10-25-12-9-22-13-25/h4,6-7,9,12-13,23H,2-3,5,8,10-11H2,1H3,(H,24,27). The van der Waals surface area contributed by atoms with E-state index in [1.165, 1.54) is 16.7 Å². The number of aromatic nitrogens is 4. The lowest BCUT2D eigenvalue weighted by atomic mass is 10.1. The van der Waals surface area contributed by atoms with E-state index in [4.69, 9.17) is 0 Å². The number of imidazole rings is 2. The number of rotatable bonds is 9. The summed E-state index contributed by atoms with van der Waals surface area (Å²) in [6.07, 6.45) is 7.75. The summed E-state index contributed by atoms with van der Waals surface area (Å²) < 4.78 is 31.6. The predicted molar refractivity (Wildman–Crippen MR) is 101 cm³/mol. The van der Waals surface area contributed by atoms with Crippen LogP contribution in [0.15, 0.2) is 41.7 Å². The maximum atomic E-state index is 14.4. The molecule has 0 unspecified atom stereocenters. The van der Waals surface area contributed by atoms with Gasteiger partial charge in [0.05, 0.1) is 12.0 Å². The van der Waals surface area contributed by atoms with Gasteiger partial charge in [-0.25, -0.2) is 18.6 Å². The number of halogens is 2. The van der Waals surface area contributed by atoms with Gasteiger partial charge in [0.25, 0.3) is 0 Å². The van der Waals surface area contributed by atoms with Gasteiger partial charge in [0.1, 0.15) is 5.82 Å². The highest BCUT2D eigenvalue weighted by atomic mass is 19.2. The van der Waals surface area contributed by atoms with E-state index in [-0.39, 0.29) is 11.3 Å². The van der Waals surface area contributed by atoms with Gasteiger partial charge in [-0.1, -0.05) is 19.4 Å². The fourth-order valence-electron chi connectivity index (χ4n) is 3.00. The van der Waals surface area contributed by atoms with E-state index in [0.717, 1.165) is 18.9 Å². The molecule has 3 aromatic rings. The molecule has 3 rings (SSSR count). The first-order valence-corrected chi connectivity index (χ1v) is 9.08. The first-order valence-electron chi connectivity index (χ1n) is 9.08. The Labute approximate surface area is 155 Å². The van der Waals surface area contributed by atoms with Gasteiger partial charge in [0.15, 0.2) is 11.6 Å². The number of aromatic amines is 1. The molecule has 0 aliphatic carbocycles. The van der Waals surface area contributed by atoms with Gasteiger partial charge in [-0.15, -0.1) is 0 Å². The molecule has 8 heteroatoms. The molecule has 0 amide bonds. The summed E-state index contributed by atoms with van der Waals surface area (Å²) in [6.45, 7) is 3.73. The molecule has 0 fully saturated rings. The van der Waals surface area contributed by atoms with Crippen molar-refractivity contribution in [1.82, 2.24) is 19.1 Å². The molecule has 2 aromatic heterocycles. The minimum absolute atomic E-state index is 0.0648. The number of nitrogens with zero attached hydrogens (tertiary/aromatic N) is 3. The van der Waals surface area contributed by atoms with Crippen LogP contribution in [0.5, 0.6) is 0 Å². The van der Waals surface area contributed by atoms with Crippen LogP contribution in [0.4, 0.5) is 14.6 Å². The van der Waals surface area contributed by atoms with Crippen LogP contribution in [0.1, 0.15) is 26.2 Å². The van der Waals surface area contributed by atoms with Crippen LogP contribution in [0, 0.1) is 11.6 Å². The second-order valence-corrected chi connectivity index (χ2v) is 6.34. The maximum absolute atomic E-state index is 14.4. The SMILES string of the molecule is CCCCNc1[nH]c(=O)n(CCCn2ccnc2)c1-c1cccc(F)c1F. The quantitative estimate of drug-likeness (QED) is 0.562. The summed E-state index contributed by atoms with van der Waals surface area (Å²) in [7, 11) is 0. The summed E-state index contributed by atoms with van der Waals surface area (Å²) >= 11 is 0. The molecule has 0 spiro atoms. The maximum Gasteiger partial charge on any atom is 0.327 e. The Kier molecular flexibility index (Phi) is 6.05. The molecule has 0 saturated carbocycles. The van der Waals surface area contributed by atoms with Crippen molar-refractivity contribution < 1.29 is 8.78 Å². The zero-order valence-electron chi connectivity index (χ0n) is 15.2. The van der Waals surface area contributed by atoms with Crippen LogP contribution < -0.4 is 11.0 Å². The monoisotopic (exact) mass is 375 g/mol. The van der Waals surface area contributed by atoms with E-state index >= 15 is 0 Å². The van der Waals surface area contributed by atoms with Crippen molar-refractivity contribution in [3.63, 3.8) is 0 Å². The number of H-pyrrole nitrogens is 1. The first-order chi connectivity index (χ1) is 13.1. The Hall–Kier alpha value is -2.90. The second-order valence-electron chi connectivity index (χ2n) is 6.34. The third kappa shape index (κ3) is 4.27. The lowest BCUT2D eigenvalue weighted by Gasteiger charge is -2.12. The molecule has 144 valence electrons. The van der Waals surface area contributed by atoms with Gasteiger partial charge in [-0.2, -0.15) is 0 Å². The van der Waals surface area contributed by atoms with E-state index in [9.17, 15) is 13.6 Å². The summed E-state index contributed by atoms with van der Waals surface area (Å²) in [4.78, 5) is 19.2. The van der Waals surface area contributed by atoms with Crippen molar-refractivity contribution in [2.75, 3.05) is 11.9 Å². The number of unbranched alkanes of at least 4 members (excludes halogenated alkanes) is 1. The predicted octanol–water partition coefficient (Wildman–Crippen LogP) is 3.62. The highest BCUT2D eigenvalue weighted by Crippen LogP contribution is 2.29. The van der Waals surface area contributed by atoms with Gasteiger partial charge in [0, 0.05) is 37.6 Å². The Balaban J connectivity index is 1.93. The van der Waals surface area contributed by atoms with Crippen LogP contribution in [-0.2, 0) is 13.1 Å². The topological polar surface area (TPSA) is 67.6 Å². The Bertz CT molecular complexity index is 930. The van der Waals surface area contributed by atoms with Crippen LogP contribution in [0.2, 0.25) is 0 Å². The zero-order chi connectivity index (χ0) is 19.2. The van der Waals surface area contributed by atoms with Crippen molar-refractivity contribution >= 4 is 5.82 Å². The number of hydrogen-bond acceptors (Lipinski definition) is 3. The van der Waals surface area contributed by atoms with Crippen molar-refractivity contribution in [3.8, 4) is 11.3 Å². The number of anilines is 1. The molecule has 27 heavy (non-hydrogen) atoms. The minimum Gasteiger partial charge on any atom is -0.370 e. The Morgan fingerprint density at radius 2 is 2.07 bits per heavy atom. The molecule has 2 heterocycles. The summed E-state index contributed by atoms with van der Waals surface area (Å²) in [5, 5.41) is 3.14. The fraction of sp³-hybridized carbons (Fsp3) is 0.368. The second kappa shape index (κ2) is 8.66. The average Bonchev–Trinajstić information content (AvgIpc) is 3.27. The van der Waals surface area contributed by atoms with E-state index in [0.29, 0.717) is 37.6 Å². The van der Waals surface area contributed by atoms with Crippen LogP contribution in [0.25, 0.3) is 11.3 Å². The van der Waals surface area contributed by atoms with Crippen molar-refractivity contribution in [3.05, 3.63) is 59.0 Å². The molecule has 6 nitrogen and oxygen atoms in total. The van der Waals surface area contributed by atoms with Gasteiger partial charge < -0.3 is 9.88 Å². The van der Waals surface area contributed by atoms with E-state index < -0.39 is 11.6 Å². The van der Waals surface area contributed by atoms with Crippen molar-refractivity contribution in [2.45, 2.75) is 39.3 Å². The van der Waals surface area contributed by atoms with Crippen molar-refractivity contribution in [2.24, 2.45) is 0 Å². The molecule has 2 N–H and O–H groups in total. The molecule has 0 aliphatic heterocycles. The fourth-order valence-corrected chi connectivity index (χ4v) is 3.00. The Morgan fingerprint density at radius 3 is 2.81 bits per heavy atom. The zero-order valence-corrected chi connectivity index (χ0v) is 15.2. The van der Waals surface area contributed by atoms with E-state index in [2.05, 4.69) is 22.2 Å². The van der Waals surface area contributed by atoms with Crippen LogP contribution >= 0.6 is 0 Å². The highest BCUT2D eigenvalue weighted by molar-refractivity contribution is 5.72. The number of nitrogens with one attached hydrogen (secondary N) is 2. The van der Waals surface area contributed by atoms with Gasteiger partial charge >= 0.3 is 5.69 Å². The lowest BCUT2D eigenvalue weighted by Crippen LogP contribution is -2.19. The number of benzene rings is 1. The molecule has 1 aromatic carbocycles. The van der Waals surface area contributed by atoms with Gasteiger partial charge in [-0.05, 0) is 25.0 Å². The van der Waals surface area contributed by atoms with Crippen molar-refractivity contribution in [1.29, 1.82) is 0 Å². The first kappa shape index (κ1) is 18.9. The van der Waals surface area contributed by atoms with Gasteiger partial charge in [-0.3, -0.25) is 9.55 Å². The van der Waals surface area contributed by atoms with E-state index in [1.807, 2.05) is 10.8 Å². The molecule has 0 bridgehead atoms. The molecule has 0 saturated heterocycles. The van der Waals surface area contributed by atoms with Crippen LogP contribution in [-0.4, -0.2) is 25.6 Å². The molecular formula is C19H23F2N5O. The molecule has 0 aliphatic rings. The Morgan fingerprint density at radius 1 is 1.22 bits per heavy atom. The number of aryl methyl sites for hydroxylation is 1. The highest BCUT2D eigenvalue weighted by Gasteiger charge is 2.20. The largest absolute Gasteiger partial charge is 0.370 e. The summed E-state index contributed by atoms with van der Waals surface area (Å²) in [6, 6.07) is 3.99. The number of hydrogen-bond donors (Lipinski definition) is 2. The van der Waals surface area contributed by atoms with Crippen LogP contribution in [0.3, 0.4) is 0 Å². The third-order valence-electron chi connectivity index (χ3n) is 4.38. The normalized spacial score (nSPS) is 11.1. The smallest absolute Gasteiger partial charge is 0.327 e. The summed E-state index contributed by atoms with van der Waals surface area (Å²) in [5.74, 6) is -1.48. The molecular weight excluding hydrogens is 352 g/mol. The lowest BCUT2D eigenvalue weighted by molar-refractivity contribution is 0.508. The molecule has 0 atom stereocenters.